The van der Waals surface area contributed by atoms with Gasteiger partial charge in [0, 0.05) is 5.57 Å². The highest BCUT2D eigenvalue weighted by Gasteiger charge is 2.60. The van der Waals surface area contributed by atoms with Crippen LogP contribution in [0.25, 0.3) is 0 Å². The van der Waals surface area contributed by atoms with Crippen LogP contribution in [0.2, 0.25) is 0 Å². The first-order valence-electron chi connectivity index (χ1n) is 4.80. The molecule has 1 fully saturated rings. The highest BCUT2D eigenvalue weighted by Crippen LogP contribution is 2.52. The number of aliphatic carboxylic acids is 1. The molecule has 0 aromatic rings. The smallest absolute Gasteiger partial charge is 0.342 e. The predicted octanol–water partition coefficient (Wildman–Crippen LogP) is -0.196. The maximum atomic E-state index is 11.1. The molecule has 2 atom stereocenters. The summed E-state index contributed by atoms with van der Waals surface area (Å²) in [6.07, 6.45) is 3.71. The van der Waals surface area contributed by atoms with Crippen molar-refractivity contribution in [3.05, 3.63) is 22.8 Å². The number of hydrogen-bond acceptors (Lipinski definition) is 3. The van der Waals surface area contributed by atoms with Gasteiger partial charge < -0.3 is 15.5 Å². The number of aliphatic hydroxyl groups is 1. The third kappa shape index (κ3) is 0.738. The summed E-state index contributed by atoms with van der Waals surface area (Å²) in [6.45, 7) is 0.782. The molecule has 0 radical (unpaired) electrons. The van der Waals surface area contributed by atoms with Crippen LogP contribution in [0, 0.1) is 0 Å². The minimum atomic E-state index is -1.69. The first-order chi connectivity index (χ1) is 6.65. The number of rotatable bonds is 1. The van der Waals surface area contributed by atoms with Crippen LogP contribution in [-0.4, -0.2) is 34.4 Å². The number of hydrogen-bond donors (Lipinski definition) is 3. The summed E-state index contributed by atoms with van der Waals surface area (Å²) in [7, 11) is 0. The van der Waals surface area contributed by atoms with Crippen LogP contribution in [0.3, 0.4) is 0 Å². The largest absolute Gasteiger partial charge is 0.479 e. The molecule has 0 saturated carbocycles. The van der Waals surface area contributed by atoms with Gasteiger partial charge in [0.25, 0.3) is 0 Å². The van der Waals surface area contributed by atoms with Crippen molar-refractivity contribution in [3.8, 4) is 0 Å². The molecule has 0 aromatic heterocycles. The van der Waals surface area contributed by atoms with Gasteiger partial charge in [-0.1, -0.05) is 0 Å². The molecule has 14 heavy (non-hydrogen) atoms. The predicted molar refractivity (Wildman–Crippen MR) is 48.7 cm³/mol. The Morgan fingerprint density at radius 1 is 1.64 bits per heavy atom. The molecule has 3 N–H and O–H groups in total. The first kappa shape index (κ1) is 8.20. The monoisotopic (exact) mass is 193 g/mol. The Morgan fingerprint density at radius 3 is 3.14 bits per heavy atom. The Balaban J connectivity index is 2.05. The lowest BCUT2D eigenvalue weighted by atomic mass is 9.87. The van der Waals surface area contributed by atoms with Gasteiger partial charge in [-0.3, -0.25) is 0 Å². The molecule has 2 unspecified atom stereocenters. The molecule has 0 amide bonds. The van der Waals surface area contributed by atoms with Crippen molar-refractivity contribution in [2.75, 3.05) is 6.54 Å². The van der Waals surface area contributed by atoms with E-state index in [4.69, 9.17) is 5.11 Å². The molecule has 1 heterocycles. The molecule has 4 heteroatoms. The van der Waals surface area contributed by atoms with Crippen LogP contribution >= 0.6 is 0 Å². The van der Waals surface area contributed by atoms with Crippen LogP contribution in [0.5, 0.6) is 0 Å². The van der Waals surface area contributed by atoms with Gasteiger partial charge in [0.05, 0.1) is 6.04 Å². The zero-order chi connectivity index (χ0) is 9.92. The van der Waals surface area contributed by atoms with E-state index in [2.05, 4.69) is 5.32 Å². The number of allylic oxidation sites excluding steroid dienone is 1. The molecular weight excluding hydrogens is 182 g/mol. The zero-order valence-corrected chi connectivity index (χ0v) is 7.58. The van der Waals surface area contributed by atoms with Crippen molar-refractivity contribution in [1.82, 2.24) is 5.32 Å². The summed E-state index contributed by atoms with van der Waals surface area (Å²) >= 11 is 0. The third-order valence-corrected chi connectivity index (χ3v) is 3.32. The minimum Gasteiger partial charge on any atom is -0.479 e. The Hall–Kier alpha value is -1.13. The standard InChI is InChI=1S/C10H11NO3/c12-9(13)10(14)7-4-6(7)5-2-1-3-11-8(5)10/h4,8,11,14H,1-3H2,(H,12,13). The summed E-state index contributed by atoms with van der Waals surface area (Å²) < 4.78 is 0. The second-order valence-electron chi connectivity index (χ2n) is 4.06. The van der Waals surface area contributed by atoms with E-state index in [9.17, 15) is 9.90 Å². The van der Waals surface area contributed by atoms with E-state index in [1.807, 2.05) is 0 Å². The van der Waals surface area contributed by atoms with E-state index in [-0.39, 0.29) is 6.04 Å². The maximum Gasteiger partial charge on any atom is 0.342 e. The topological polar surface area (TPSA) is 69.6 Å². The van der Waals surface area contributed by atoms with Gasteiger partial charge in [0.1, 0.15) is 0 Å². The van der Waals surface area contributed by atoms with Gasteiger partial charge in [-0.2, -0.15) is 0 Å². The zero-order valence-electron chi connectivity index (χ0n) is 7.58. The fourth-order valence-corrected chi connectivity index (χ4v) is 2.57. The van der Waals surface area contributed by atoms with Gasteiger partial charge in [0.2, 0.25) is 5.60 Å². The molecule has 0 aromatic carbocycles. The van der Waals surface area contributed by atoms with Crippen molar-refractivity contribution in [3.63, 3.8) is 0 Å². The van der Waals surface area contributed by atoms with E-state index in [1.54, 1.807) is 6.08 Å². The van der Waals surface area contributed by atoms with E-state index in [0.29, 0.717) is 5.57 Å². The van der Waals surface area contributed by atoms with Crippen LogP contribution in [-0.2, 0) is 4.79 Å². The Labute approximate surface area is 80.9 Å². The fourth-order valence-electron chi connectivity index (χ4n) is 2.57. The maximum absolute atomic E-state index is 11.1. The Bertz CT molecular complexity index is 396. The average Bonchev–Trinajstić information content (AvgIpc) is 2.92. The normalized spacial score (nSPS) is 38.9. The Kier molecular flexibility index (Phi) is 1.33. The van der Waals surface area contributed by atoms with E-state index >= 15 is 0 Å². The van der Waals surface area contributed by atoms with Crippen molar-refractivity contribution in [2.45, 2.75) is 24.5 Å². The van der Waals surface area contributed by atoms with Gasteiger partial charge in [0.15, 0.2) is 0 Å². The highest BCUT2D eigenvalue weighted by atomic mass is 16.4. The summed E-state index contributed by atoms with van der Waals surface area (Å²) in [4.78, 5) is 11.1. The van der Waals surface area contributed by atoms with Crippen molar-refractivity contribution < 1.29 is 15.0 Å². The van der Waals surface area contributed by atoms with E-state index in [1.165, 1.54) is 0 Å². The molecule has 1 saturated heterocycles. The van der Waals surface area contributed by atoms with E-state index in [0.717, 1.165) is 30.5 Å². The summed E-state index contributed by atoms with van der Waals surface area (Å²) in [5.74, 6) is -1.15. The third-order valence-electron chi connectivity index (χ3n) is 3.32. The van der Waals surface area contributed by atoms with Gasteiger partial charge in [-0.15, -0.1) is 0 Å². The van der Waals surface area contributed by atoms with Crippen LogP contribution in [0.4, 0.5) is 0 Å². The van der Waals surface area contributed by atoms with Gasteiger partial charge in [-0.25, -0.2) is 4.79 Å². The molecule has 0 spiro atoms. The lowest BCUT2D eigenvalue weighted by molar-refractivity contribution is -0.155. The van der Waals surface area contributed by atoms with Crippen LogP contribution in [0.15, 0.2) is 22.8 Å². The number of piperidine rings is 1. The fraction of sp³-hybridized carbons (Fsp3) is 0.500. The quantitative estimate of drug-likeness (QED) is 0.539. The number of nitrogens with one attached hydrogen (secondary N) is 1. The summed E-state index contributed by atoms with van der Waals surface area (Å²) in [5.41, 5.74) is 0.994. The molecule has 1 aliphatic heterocycles. The lowest BCUT2D eigenvalue weighted by Gasteiger charge is -2.32. The van der Waals surface area contributed by atoms with Crippen LogP contribution in [0.1, 0.15) is 12.8 Å². The van der Waals surface area contributed by atoms with Crippen molar-refractivity contribution >= 4 is 5.97 Å². The molecular formula is C10H11NO3. The summed E-state index contributed by atoms with van der Waals surface area (Å²) in [5, 5.41) is 22.2. The molecule has 3 rings (SSSR count). The Morgan fingerprint density at radius 2 is 2.43 bits per heavy atom. The average molecular weight is 193 g/mol. The van der Waals surface area contributed by atoms with Crippen LogP contribution < -0.4 is 5.32 Å². The van der Waals surface area contributed by atoms with Crippen molar-refractivity contribution in [2.24, 2.45) is 0 Å². The lowest BCUT2D eigenvalue weighted by Crippen LogP contribution is -2.56. The molecule has 3 aliphatic rings. The first-order valence-corrected chi connectivity index (χ1v) is 4.80. The molecule has 2 aliphatic carbocycles. The molecule has 4 nitrogen and oxygen atoms in total. The van der Waals surface area contributed by atoms with Gasteiger partial charge >= 0.3 is 5.97 Å². The summed E-state index contributed by atoms with van der Waals surface area (Å²) in [6, 6.07) is -0.385. The van der Waals surface area contributed by atoms with Crippen molar-refractivity contribution in [1.29, 1.82) is 0 Å². The number of carboxylic acid groups (broad SMARTS) is 1. The second kappa shape index (κ2) is 2.27. The molecule has 0 bridgehead atoms. The van der Waals surface area contributed by atoms with E-state index < -0.39 is 11.6 Å². The number of carbonyl (C=O) groups is 1. The second-order valence-corrected chi connectivity index (χ2v) is 4.06. The minimum absolute atomic E-state index is 0.385. The number of fused-ring (bicyclic) bond motifs is 2. The highest BCUT2D eigenvalue weighted by molar-refractivity contribution is 5.93. The molecule has 74 valence electrons. The number of carboxylic acids is 1. The van der Waals surface area contributed by atoms with Gasteiger partial charge in [-0.05, 0) is 36.6 Å². The SMILES string of the molecule is O=C(O)C1(O)C2=CC2=C2CCCNC21.